The fourth-order valence-corrected chi connectivity index (χ4v) is 1.96. The van der Waals surface area contributed by atoms with Crippen molar-refractivity contribution in [3.05, 3.63) is 51.3 Å². The van der Waals surface area contributed by atoms with Gasteiger partial charge >= 0.3 is 0 Å². The van der Waals surface area contributed by atoms with E-state index in [1.54, 1.807) is 0 Å². The van der Waals surface area contributed by atoms with E-state index >= 15 is 0 Å². The zero-order valence-corrected chi connectivity index (χ0v) is 15.1. The van der Waals surface area contributed by atoms with Crippen LogP contribution in [-0.2, 0) is 39.8 Å². The first-order valence-corrected chi connectivity index (χ1v) is 6.16. The average molecular weight is 398 g/mol. The minimum Gasteiger partial charge on any atom is -0.481 e. The predicted molar refractivity (Wildman–Crippen MR) is 75.2 cm³/mol. The van der Waals surface area contributed by atoms with Crippen molar-refractivity contribution in [2.24, 2.45) is 7.05 Å². The standard InChI is InChI=1S/C15H9ClF2NO2.Y/c1-3-6-21-9-7-11(17)14(12(18)8-9)13-5-4-10(16)15(20)19(13)2;/h1,4,7-8H,6H2,2H3;/q-1;. The number of ether oxygens (including phenoxy) is 1. The first-order chi connectivity index (χ1) is 9.95. The van der Waals surface area contributed by atoms with Crippen molar-refractivity contribution in [3.63, 3.8) is 0 Å². The Kier molecular flexibility index (Phi) is 6.74. The second-order valence-corrected chi connectivity index (χ2v) is 4.51. The molecule has 0 atom stereocenters. The minimum atomic E-state index is -0.893. The molecule has 0 spiro atoms. The van der Waals surface area contributed by atoms with Crippen LogP contribution in [0, 0.1) is 30.0 Å². The number of benzene rings is 1. The number of hydrogen-bond acceptors (Lipinski definition) is 2. The normalized spacial score (nSPS) is 9.77. The van der Waals surface area contributed by atoms with E-state index in [4.69, 9.17) is 22.8 Å². The average Bonchev–Trinajstić information content (AvgIpc) is 2.44. The third-order valence-electron chi connectivity index (χ3n) is 2.75. The van der Waals surface area contributed by atoms with Gasteiger partial charge in [0.1, 0.15) is 12.4 Å². The van der Waals surface area contributed by atoms with Crippen molar-refractivity contribution in [1.29, 1.82) is 0 Å². The van der Waals surface area contributed by atoms with Crippen LogP contribution >= 0.6 is 11.6 Å². The van der Waals surface area contributed by atoms with Gasteiger partial charge in [0, 0.05) is 56.9 Å². The third-order valence-corrected chi connectivity index (χ3v) is 3.03. The summed E-state index contributed by atoms with van der Waals surface area (Å²) in [5.74, 6) is 0.368. The summed E-state index contributed by atoms with van der Waals surface area (Å²) in [4.78, 5) is 11.7. The van der Waals surface area contributed by atoms with Gasteiger partial charge in [-0.05, 0) is 5.56 Å². The number of aromatic nitrogens is 1. The summed E-state index contributed by atoms with van der Waals surface area (Å²) in [5, 5.41) is -0.0870. The van der Waals surface area contributed by atoms with Crippen LogP contribution in [0.1, 0.15) is 0 Å². The predicted octanol–water partition coefficient (Wildman–Crippen LogP) is 2.79. The molecule has 0 fully saturated rings. The number of hydrogen-bond donors (Lipinski definition) is 0. The molecule has 0 aliphatic carbocycles. The molecule has 0 saturated carbocycles. The second-order valence-electron chi connectivity index (χ2n) is 4.10. The molecule has 0 N–H and O–H groups in total. The van der Waals surface area contributed by atoms with Crippen LogP contribution in [0.2, 0.25) is 5.02 Å². The van der Waals surface area contributed by atoms with E-state index < -0.39 is 17.2 Å². The monoisotopic (exact) mass is 397 g/mol. The molecule has 0 amide bonds. The van der Waals surface area contributed by atoms with Gasteiger partial charge in [0.2, 0.25) is 5.56 Å². The van der Waals surface area contributed by atoms with Gasteiger partial charge in [0.25, 0.3) is 0 Å². The molecule has 0 saturated heterocycles. The Bertz CT molecular complexity index is 776. The van der Waals surface area contributed by atoms with Gasteiger partial charge in [-0.1, -0.05) is 11.6 Å². The van der Waals surface area contributed by atoms with Crippen molar-refractivity contribution >= 4 is 11.6 Å². The molecule has 0 aliphatic rings. The maximum Gasteiger partial charge on any atom is 0.212 e. The molecule has 1 radical (unpaired) electrons. The van der Waals surface area contributed by atoms with Crippen molar-refractivity contribution < 1.29 is 46.2 Å². The van der Waals surface area contributed by atoms with Gasteiger partial charge in [-0.2, -0.15) is 23.7 Å². The third kappa shape index (κ3) is 3.75. The van der Waals surface area contributed by atoms with Crippen LogP contribution in [0.4, 0.5) is 8.78 Å². The van der Waals surface area contributed by atoms with E-state index in [9.17, 15) is 13.6 Å². The van der Waals surface area contributed by atoms with Crippen molar-refractivity contribution in [1.82, 2.24) is 4.57 Å². The molecule has 0 aliphatic heterocycles. The zero-order chi connectivity index (χ0) is 15.6. The number of rotatable bonds is 3. The van der Waals surface area contributed by atoms with Gasteiger partial charge in [0.15, 0.2) is 0 Å². The topological polar surface area (TPSA) is 31.2 Å². The fourth-order valence-electron chi connectivity index (χ4n) is 1.78. The molecule has 1 heterocycles. The number of nitrogens with zero attached hydrogens (tertiary/aromatic N) is 1. The maximum atomic E-state index is 14.1. The number of pyridine rings is 1. The smallest absolute Gasteiger partial charge is 0.212 e. The SMILES string of the molecule is C#CCOc1cc(F)c(-c2[c-]cc(Cl)c(=O)n2C)c(F)c1.[Y]. The Hall–Kier alpha value is -1.22. The van der Waals surface area contributed by atoms with Gasteiger partial charge in [-0.25, -0.2) is 8.78 Å². The van der Waals surface area contributed by atoms with E-state index in [1.807, 2.05) is 0 Å². The first kappa shape index (κ1) is 18.8. The van der Waals surface area contributed by atoms with E-state index in [1.165, 1.54) is 13.1 Å². The number of halogens is 3. The molecule has 0 bridgehead atoms. The van der Waals surface area contributed by atoms with E-state index in [2.05, 4.69) is 12.0 Å². The van der Waals surface area contributed by atoms with E-state index in [0.717, 1.165) is 16.7 Å². The maximum absolute atomic E-state index is 14.1. The molecule has 3 nitrogen and oxygen atoms in total. The Morgan fingerprint density at radius 3 is 2.55 bits per heavy atom. The van der Waals surface area contributed by atoms with Crippen LogP contribution in [-0.4, -0.2) is 11.2 Å². The van der Waals surface area contributed by atoms with Crippen LogP contribution in [0.3, 0.4) is 0 Å². The van der Waals surface area contributed by atoms with Gasteiger partial charge in [-0.3, -0.25) is 4.79 Å². The molecular weight excluding hydrogens is 389 g/mol. The van der Waals surface area contributed by atoms with E-state index in [-0.39, 0.29) is 61.3 Å². The Morgan fingerprint density at radius 1 is 1.41 bits per heavy atom. The Labute approximate surface area is 156 Å². The summed E-state index contributed by atoms with van der Waals surface area (Å²) in [6, 6.07) is 5.73. The molecule has 7 heteroatoms. The molecule has 0 unspecified atom stereocenters. The quantitative estimate of drug-likeness (QED) is 0.589. The fraction of sp³-hybridized carbons (Fsp3) is 0.133. The molecule has 1 aromatic heterocycles. The summed E-state index contributed by atoms with van der Waals surface area (Å²) in [6.07, 6.45) is 5.01. The van der Waals surface area contributed by atoms with Crippen molar-refractivity contribution in [3.8, 4) is 29.4 Å². The van der Waals surface area contributed by atoms with Crippen LogP contribution < -0.4 is 10.3 Å². The summed E-state index contributed by atoms with van der Waals surface area (Å²) < 4.78 is 34.2. The van der Waals surface area contributed by atoms with Gasteiger partial charge < -0.3 is 9.30 Å². The van der Waals surface area contributed by atoms with Gasteiger partial charge in [-0.15, -0.1) is 6.42 Å². The minimum absolute atomic E-state index is 0. The number of terminal acetylenes is 1. The molecular formula is C15H9ClF2NO2Y-. The van der Waals surface area contributed by atoms with Crippen molar-refractivity contribution in [2.75, 3.05) is 6.61 Å². The zero-order valence-electron chi connectivity index (χ0n) is 11.5. The molecule has 1 aromatic carbocycles. The first-order valence-electron chi connectivity index (χ1n) is 5.78. The van der Waals surface area contributed by atoms with Crippen LogP contribution in [0.15, 0.2) is 23.0 Å². The Morgan fingerprint density at radius 2 is 2.00 bits per heavy atom. The Balaban J connectivity index is 0.00000242. The second kappa shape index (κ2) is 7.87. The van der Waals surface area contributed by atoms with Crippen LogP contribution in [0.25, 0.3) is 11.3 Å². The molecule has 111 valence electrons. The summed E-state index contributed by atoms with van der Waals surface area (Å²) in [5.41, 5.74) is -1.01. The van der Waals surface area contributed by atoms with Crippen LogP contribution in [0.5, 0.6) is 5.75 Å². The summed E-state index contributed by atoms with van der Waals surface area (Å²) in [6.45, 7) is -0.107. The largest absolute Gasteiger partial charge is 0.481 e. The molecule has 2 rings (SSSR count). The molecule has 2 aromatic rings. The van der Waals surface area contributed by atoms with E-state index in [0.29, 0.717) is 0 Å². The van der Waals surface area contributed by atoms with Crippen molar-refractivity contribution in [2.45, 2.75) is 0 Å². The summed E-state index contributed by atoms with van der Waals surface area (Å²) in [7, 11) is 1.35. The van der Waals surface area contributed by atoms with Gasteiger partial charge in [0.05, 0.1) is 11.6 Å². The summed E-state index contributed by atoms with van der Waals surface area (Å²) >= 11 is 5.64. The molecule has 22 heavy (non-hydrogen) atoms.